The number of carboxylic acid groups (broad SMARTS) is 1. The Bertz CT molecular complexity index is 538. The lowest BCUT2D eigenvalue weighted by Crippen LogP contribution is -2.58. The Hall–Kier alpha value is -0.790. The monoisotopic (exact) mass is 302 g/mol. The third-order valence-electron chi connectivity index (χ3n) is 8.54. The maximum absolute atomic E-state index is 12.0. The van der Waals surface area contributed by atoms with Crippen LogP contribution in [0.25, 0.3) is 0 Å². The highest BCUT2D eigenvalue weighted by Crippen LogP contribution is 2.72. The first kappa shape index (κ1) is 14.8. The molecular weight excluding hydrogens is 272 g/mol. The molecule has 0 saturated heterocycles. The largest absolute Gasteiger partial charge is 0.481 e. The van der Waals surface area contributed by atoms with E-state index >= 15 is 0 Å². The molecule has 0 aromatic rings. The van der Waals surface area contributed by atoms with E-state index in [0.29, 0.717) is 11.3 Å². The predicted octanol–water partition coefficient (Wildman–Crippen LogP) is 5.04. The first-order chi connectivity index (χ1) is 10.3. The lowest BCUT2D eigenvalue weighted by Gasteiger charge is -2.63. The highest BCUT2D eigenvalue weighted by Gasteiger charge is 2.64. The van der Waals surface area contributed by atoms with Crippen LogP contribution in [-0.4, -0.2) is 11.1 Å². The molecule has 4 aliphatic carbocycles. The van der Waals surface area contributed by atoms with Crippen molar-refractivity contribution in [1.29, 1.82) is 0 Å². The zero-order valence-corrected chi connectivity index (χ0v) is 14.2. The van der Waals surface area contributed by atoms with Gasteiger partial charge in [0.05, 0.1) is 5.41 Å². The van der Waals surface area contributed by atoms with E-state index in [0.717, 1.165) is 31.1 Å². The highest BCUT2D eigenvalue weighted by atomic mass is 16.4. The molecule has 4 saturated carbocycles. The maximum Gasteiger partial charge on any atom is 0.309 e. The minimum Gasteiger partial charge on any atom is -0.481 e. The summed E-state index contributed by atoms with van der Waals surface area (Å²) in [6.45, 7) is 8.86. The molecule has 4 aliphatic rings. The van der Waals surface area contributed by atoms with E-state index < -0.39 is 11.4 Å². The van der Waals surface area contributed by atoms with Crippen molar-refractivity contribution >= 4 is 5.97 Å². The summed E-state index contributed by atoms with van der Waals surface area (Å²) in [5.41, 5.74) is 1.71. The van der Waals surface area contributed by atoms with Crippen LogP contribution in [0.15, 0.2) is 12.2 Å². The first-order valence-electron chi connectivity index (χ1n) is 9.23. The summed E-state index contributed by atoms with van der Waals surface area (Å²) in [7, 11) is 0. The van der Waals surface area contributed by atoms with Gasteiger partial charge in [0.15, 0.2) is 0 Å². The van der Waals surface area contributed by atoms with E-state index in [1.54, 1.807) is 0 Å². The molecule has 2 nitrogen and oxygen atoms in total. The maximum atomic E-state index is 12.0. The lowest BCUT2D eigenvalue weighted by molar-refractivity contribution is -0.181. The van der Waals surface area contributed by atoms with Gasteiger partial charge in [-0.05, 0) is 86.9 Å². The summed E-state index contributed by atoms with van der Waals surface area (Å²) in [5, 5.41) is 9.90. The standard InChI is InChI=1S/C20H30O2/c1-13-11-20-10-7-15-18(2,16(20)6-5-14(13)12-20)8-4-9-19(15,3)17(21)22/h14-16H,1,4-12H2,2-3H3,(H,21,22)/t14-,15-,16+,18+,19-,20+/m0/s1. The van der Waals surface area contributed by atoms with Gasteiger partial charge in [-0.1, -0.05) is 25.5 Å². The molecule has 0 unspecified atom stereocenters. The van der Waals surface area contributed by atoms with Gasteiger partial charge in [0.2, 0.25) is 0 Å². The van der Waals surface area contributed by atoms with E-state index in [9.17, 15) is 9.90 Å². The highest BCUT2D eigenvalue weighted by molar-refractivity contribution is 5.75. The Morgan fingerprint density at radius 3 is 2.64 bits per heavy atom. The number of rotatable bonds is 1. The van der Waals surface area contributed by atoms with Crippen molar-refractivity contribution in [3.8, 4) is 0 Å². The third-order valence-corrected chi connectivity index (χ3v) is 8.54. The van der Waals surface area contributed by atoms with Crippen LogP contribution in [0.5, 0.6) is 0 Å². The number of aliphatic carboxylic acids is 1. The van der Waals surface area contributed by atoms with Crippen LogP contribution in [0.2, 0.25) is 0 Å². The minimum absolute atomic E-state index is 0.235. The van der Waals surface area contributed by atoms with Crippen LogP contribution in [0.4, 0.5) is 0 Å². The Morgan fingerprint density at radius 1 is 1.14 bits per heavy atom. The van der Waals surface area contributed by atoms with Gasteiger partial charge < -0.3 is 5.11 Å². The molecular formula is C20H30O2. The van der Waals surface area contributed by atoms with Gasteiger partial charge in [-0.3, -0.25) is 4.79 Å². The van der Waals surface area contributed by atoms with Crippen molar-refractivity contribution < 1.29 is 9.90 Å². The van der Waals surface area contributed by atoms with Crippen molar-refractivity contribution in [2.24, 2.45) is 34.0 Å². The average Bonchev–Trinajstić information content (AvgIpc) is 2.68. The molecule has 0 heterocycles. The topological polar surface area (TPSA) is 37.3 Å². The molecule has 6 atom stereocenters. The molecule has 0 radical (unpaired) electrons. The smallest absolute Gasteiger partial charge is 0.309 e. The quantitative estimate of drug-likeness (QED) is 0.689. The van der Waals surface area contributed by atoms with Crippen LogP contribution in [-0.2, 0) is 4.79 Å². The van der Waals surface area contributed by atoms with Gasteiger partial charge in [-0.25, -0.2) is 0 Å². The third kappa shape index (κ3) is 1.65. The summed E-state index contributed by atoms with van der Waals surface area (Å²) in [6, 6.07) is 0. The minimum atomic E-state index is -0.552. The number of hydrogen-bond donors (Lipinski definition) is 1. The first-order valence-corrected chi connectivity index (χ1v) is 9.23. The average molecular weight is 302 g/mol. The number of carboxylic acids is 1. The molecule has 0 aliphatic heterocycles. The van der Waals surface area contributed by atoms with Crippen molar-refractivity contribution in [2.75, 3.05) is 0 Å². The molecule has 0 aromatic heterocycles. The van der Waals surface area contributed by atoms with Gasteiger partial charge in [0.25, 0.3) is 0 Å². The molecule has 4 fully saturated rings. The molecule has 4 rings (SSSR count). The number of hydrogen-bond acceptors (Lipinski definition) is 1. The summed E-state index contributed by atoms with van der Waals surface area (Å²) >= 11 is 0. The van der Waals surface area contributed by atoms with Crippen LogP contribution in [0.3, 0.4) is 0 Å². The summed E-state index contributed by atoms with van der Waals surface area (Å²) in [5.74, 6) is 1.32. The Kier molecular flexibility index (Phi) is 2.95. The summed E-state index contributed by atoms with van der Waals surface area (Å²) < 4.78 is 0. The van der Waals surface area contributed by atoms with Crippen LogP contribution < -0.4 is 0 Å². The van der Waals surface area contributed by atoms with Crippen molar-refractivity contribution in [1.82, 2.24) is 0 Å². The lowest BCUT2D eigenvalue weighted by atomic mass is 9.41. The zero-order valence-electron chi connectivity index (χ0n) is 14.2. The van der Waals surface area contributed by atoms with E-state index in [2.05, 4.69) is 13.5 Å². The predicted molar refractivity (Wildman–Crippen MR) is 87.4 cm³/mol. The van der Waals surface area contributed by atoms with E-state index in [1.807, 2.05) is 6.92 Å². The van der Waals surface area contributed by atoms with E-state index in [4.69, 9.17) is 0 Å². The van der Waals surface area contributed by atoms with Crippen molar-refractivity contribution in [2.45, 2.75) is 71.6 Å². The second-order valence-corrected chi connectivity index (χ2v) is 9.40. The van der Waals surface area contributed by atoms with Gasteiger partial charge in [-0.15, -0.1) is 0 Å². The summed E-state index contributed by atoms with van der Waals surface area (Å²) in [4.78, 5) is 12.0. The van der Waals surface area contributed by atoms with Crippen LogP contribution >= 0.6 is 0 Å². The second kappa shape index (κ2) is 4.39. The number of carbonyl (C=O) groups is 1. The van der Waals surface area contributed by atoms with Crippen molar-refractivity contribution in [3.05, 3.63) is 12.2 Å². The van der Waals surface area contributed by atoms with E-state index in [-0.39, 0.29) is 5.41 Å². The molecule has 1 N–H and O–H groups in total. The zero-order chi connectivity index (χ0) is 15.8. The number of allylic oxidation sites excluding steroid dienone is 1. The molecule has 1 spiro atoms. The fraction of sp³-hybridized carbons (Fsp3) is 0.850. The van der Waals surface area contributed by atoms with Gasteiger partial charge in [0.1, 0.15) is 0 Å². The Balaban J connectivity index is 1.75. The Labute approximate surface area is 134 Å². The molecule has 0 aromatic carbocycles. The van der Waals surface area contributed by atoms with E-state index in [1.165, 1.54) is 44.1 Å². The Morgan fingerprint density at radius 2 is 1.91 bits per heavy atom. The van der Waals surface area contributed by atoms with Crippen LogP contribution in [0.1, 0.15) is 71.6 Å². The molecule has 122 valence electrons. The molecule has 2 bridgehead atoms. The SMILES string of the molecule is C=C1C[C@@]23CC[C@H]4[C@@](C)(CCC[C@]4(C)C(=O)O)[C@H]2CC[C@H]1C3. The van der Waals surface area contributed by atoms with Gasteiger partial charge in [0, 0.05) is 0 Å². The molecule has 0 amide bonds. The number of fused-ring (bicyclic) bond motifs is 3. The molecule has 22 heavy (non-hydrogen) atoms. The molecule has 2 heteroatoms. The summed E-state index contributed by atoms with van der Waals surface area (Å²) in [6.07, 6.45) is 10.8. The fourth-order valence-corrected chi connectivity index (χ4v) is 7.61. The normalized spacial score (nSPS) is 53.7. The van der Waals surface area contributed by atoms with Gasteiger partial charge in [-0.2, -0.15) is 0 Å². The second-order valence-electron chi connectivity index (χ2n) is 9.40. The van der Waals surface area contributed by atoms with Crippen LogP contribution in [0, 0.1) is 34.0 Å². The van der Waals surface area contributed by atoms with Gasteiger partial charge >= 0.3 is 5.97 Å². The fourth-order valence-electron chi connectivity index (χ4n) is 7.61. The van der Waals surface area contributed by atoms with Crippen molar-refractivity contribution in [3.63, 3.8) is 0 Å².